The highest BCUT2D eigenvalue weighted by Gasteiger charge is 2.22. The number of hydrogen-bond donors (Lipinski definition) is 2. The number of carbonyl (C=O) groups is 3. The fraction of sp³-hybridized carbons (Fsp3) is 0.136. The van der Waals surface area contributed by atoms with Crippen molar-refractivity contribution in [2.75, 3.05) is 22.6 Å². The van der Waals surface area contributed by atoms with Crippen LogP contribution in [0.2, 0.25) is 0 Å². The Morgan fingerprint density at radius 3 is 2.40 bits per heavy atom. The number of nitrogens with zero attached hydrogens (tertiary/aromatic N) is 1. The monoisotopic (exact) mass is 469 g/mol. The van der Waals surface area contributed by atoms with Crippen molar-refractivity contribution in [3.8, 4) is 0 Å². The summed E-state index contributed by atoms with van der Waals surface area (Å²) in [5.74, 6) is -0.817. The fourth-order valence-electron chi connectivity index (χ4n) is 2.88. The van der Waals surface area contributed by atoms with E-state index in [2.05, 4.69) is 26.6 Å². The van der Waals surface area contributed by atoms with Gasteiger partial charge in [0.05, 0.1) is 11.3 Å². The van der Waals surface area contributed by atoms with Crippen LogP contribution in [0, 0.1) is 6.92 Å². The zero-order valence-electron chi connectivity index (χ0n) is 16.7. The summed E-state index contributed by atoms with van der Waals surface area (Å²) in [6.45, 7) is 3.28. The van der Waals surface area contributed by atoms with E-state index in [1.807, 2.05) is 6.92 Å². The molecule has 154 valence electrons. The summed E-state index contributed by atoms with van der Waals surface area (Å²) in [6.07, 6.45) is 0. The molecule has 3 rings (SSSR count). The summed E-state index contributed by atoms with van der Waals surface area (Å²) in [5.41, 5.74) is 2.76. The lowest BCUT2D eigenvalue weighted by atomic mass is 10.1. The number of amides is 3. The van der Waals surface area contributed by atoms with Gasteiger partial charge in [0.1, 0.15) is 0 Å². The molecule has 2 aromatic carbocycles. The largest absolute Gasteiger partial charge is 0.444 e. The SMILES string of the molecule is CC(=O)Nc1cc(NC(=O)c2ccccc2N(C)C(=O)c2ccc(Br)o2)ccc1C. The molecule has 0 saturated carbocycles. The molecule has 2 N–H and O–H groups in total. The Morgan fingerprint density at radius 2 is 1.73 bits per heavy atom. The molecule has 0 radical (unpaired) electrons. The molecule has 0 aliphatic rings. The summed E-state index contributed by atoms with van der Waals surface area (Å²) in [5, 5.41) is 5.55. The van der Waals surface area contributed by atoms with Gasteiger partial charge in [-0.15, -0.1) is 0 Å². The quantitative estimate of drug-likeness (QED) is 0.559. The first-order valence-corrected chi connectivity index (χ1v) is 9.87. The molecule has 3 amide bonds. The maximum atomic E-state index is 13.0. The zero-order valence-corrected chi connectivity index (χ0v) is 18.2. The molecule has 1 aromatic heterocycles. The van der Waals surface area contributed by atoms with Gasteiger partial charge in [0.25, 0.3) is 11.8 Å². The van der Waals surface area contributed by atoms with Gasteiger partial charge in [0.2, 0.25) is 5.91 Å². The van der Waals surface area contributed by atoms with Gasteiger partial charge in [-0.1, -0.05) is 18.2 Å². The Balaban J connectivity index is 1.86. The van der Waals surface area contributed by atoms with E-state index in [1.165, 1.54) is 11.8 Å². The maximum Gasteiger partial charge on any atom is 0.293 e. The Bertz CT molecular complexity index is 1120. The highest BCUT2D eigenvalue weighted by molar-refractivity contribution is 9.10. The zero-order chi connectivity index (χ0) is 21.8. The van der Waals surface area contributed by atoms with E-state index in [-0.39, 0.29) is 23.5 Å². The maximum absolute atomic E-state index is 13.0. The van der Waals surface area contributed by atoms with E-state index in [1.54, 1.807) is 61.6 Å². The van der Waals surface area contributed by atoms with Crippen LogP contribution in [-0.2, 0) is 4.79 Å². The number of aryl methyl sites for hydroxylation is 1. The second-order valence-corrected chi connectivity index (χ2v) is 7.43. The first-order valence-electron chi connectivity index (χ1n) is 9.08. The van der Waals surface area contributed by atoms with E-state index >= 15 is 0 Å². The normalized spacial score (nSPS) is 10.4. The lowest BCUT2D eigenvalue weighted by Crippen LogP contribution is -2.28. The molecule has 0 saturated heterocycles. The fourth-order valence-corrected chi connectivity index (χ4v) is 3.19. The third-order valence-corrected chi connectivity index (χ3v) is 4.83. The molecule has 8 heteroatoms. The third-order valence-electron chi connectivity index (χ3n) is 4.40. The second-order valence-electron chi connectivity index (χ2n) is 6.65. The molecule has 0 atom stereocenters. The van der Waals surface area contributed by atoms with Crippen molar-refractivity contribution < 1.29 is 18.8 Å². The van der Waals surface area contributed by atoms with Crippen LogP contribution in [0.4, 0.5) is 17.1 Å². The predicted molar refractivity (Wildman–Crippen MR) is 119 cm³/mol. The number of rotatable bonds is 5. The summed E-state index contributed by atoms with van der Waals surface area (Å²) in [7, 11) is 1.58. The van der Waals surface area contributed by atoms with Crippen LogP contribution in [0.15, 0.2) is 63.7 Å². The van der Waals surface area contributed by atoms with Crippen molar-refractivity contribution in [2.24, 2.45) is 0 Å². The Kier molecular flexibility index (Phi) is 6.37. The standard InChI is InChI=1S/C22H20BrN3O4/c1-13-8-9-15(12-17(13)24-14(2)27)25-21(28)16-6-4-5-7-18(16)26(3)22(29)19-10-11-20(23)30-19/h4-12H,1-3H3,(H,24,27)(H,25,28). The van der Waals surface area contributed by atoms with Crippen molar-refractivity contribution in [2.45, 2.75) is 13.8 Å². The van der Waals surface area contributed by atoms with E-state index in [0.717, 1.165) is 5.56 Å². The van der Waals surface area contributed by atoms with Gasteiger partial charge in [-0.25, -0.2) is 0 Å². The second kappa shape index (κ2) is 8.96. The minimum Gasteiger partial charge on any atom is -0.444 e. The number of para-hydroxylation sites is 1. The smallest absolute Gasteiger partial charge is 0.293 e. The number of carbonyl (C=O) groups excluding carboxylic acids is 3. The number of hydrogen-bond acceptors (Lipinski definition) is 4. The lowest BCUT2D eigenvalue weighted by molar-refractivity contribution is -0.114. The van der Waals surface area contributed by atoms with E-state index in [0.29, 0.717) is 27.3 Å². The van der Waals surface area contributed by atoms with Crippen molar-refractivity contribution in [1.29, 1.82) is 0 Å². The number of nitrogens with one attached hydrogen (secondary N) is 2. The number of halogens is 1. The average Bonchev–Trinajstić information content (AvgIpc) is 3.15. The predicted octanol–water partition coefficient (Wildman–Crippen LogP) is 4.84. The molecular weight excluding hydrogens is 450 g/mol. The van der Waals surface area contributed by atoms with Crippen LogP contribution in [-0.4, -0.2) is 24.8 Å². The molecular formula is C22H20BrN3O4. The van der Waals surface area contributed by atoms with Gasteiger partial charge >= 0.3 is 0 Å². The van der Waals surface area contributed by atoms with Crippen molar-refractivity contribution in [3.63, 3.8) is 0 Å². The van der Waals surface area contributed by atoms with E-state index in [4.69, 9.17) is 4.42 Å². The van der Waals surface area contributed by atoms with E-state index in [9.17, 15) is 14.4 Å². The third kappa shape index (κ3) is 4.77. The van der Waals surface area contributed by atoms with Gasteiger partial charge in [-0.3, -0.25) is 14.4 Å². The molecule has 7 nitrogen and oxygen atoms in total. The van der Waals surface area contributed by atoms with Gasteiger partial charge in [-0.2, -0.15) is 0 Å². The minimum absolute atomic E-state index is 0.151. The summed E-state index contributed by atoms with van der Waals surface area (Å²) < 4.78 is 5.77. The number of anilines is 3. The molecule has 30 heavy (non-hydrogen) atoms. The van der Waals surface area contributed by atoms with Gasteiger partial charge in [0, 0.05) is 25.3 Å². The molecule has 0 unspecified atom stereocenters. The van der Waals surface area contributed by atoms with Crippen LogP contribution in [0.1, 0.15) is 33.4 Å². The topological polar surface area (TPSA) is 91.7 Å². The van der Waals surface area contributed by atoms with Gasteiger partial charge < -0.3 is 20.0 Å². The van der Waals surface area contributed by atoms with Crippen LogP contribution in [0.5, 0.6) is 0 Å². The molecule has 3 aromatic rings. The highest BCUT2D eigenvalue weighted by Crippen LogP contribution is 2.25. The van der Waals surface area contributed by atoms with Crippen LogP contribution in [0.25, 0.3) is 0 Å². The molecule has 0 fully saturated rings. The average molecular weight is 470 g/mol. The molecule has 0 bridgehead atoms. The van der Waals surface area contributed by atoms with Crippen LogP contribution < -0.4 is 15.5 Å². The molecule has 1 heterocycles. The van der Waals surface area contributed by atoms with E-state index < -0.39 is 0 Å². The Labute approximate surface area is 182 Å². The van der Waals surface area contributed by atoms with Gasteiger partial charge in [-0.05, 0) is 64.8 Å². The first kappa shape index (κ1) is 21.3. The first-order chi connectivity index (χ1) is 14.3. The molecule has 0 aliphatic heterocycles. The van der Waals surface area contributed by atoms with Crippen molar-refractivity contribution in [3.05, 3.63) is 76.2 Å². The summed E-state index contributed by atoms with van der Waals surface area (Å²) in [6, 6.07) is 15.2. The van der Waals surface area contributed by atoms with Gasteiger partial charge in [0.15, 0.2) is 10.4 Å². The molecule has 0 spiro atoms. The highest BCUT2D eigenvalue weighted by atomic mass is 79.9. The van der Waals surface area contributed by atoms with Crippen LogP contribution >= 0.6 is 15.9 Å². The molecule has 0 aliphatic carbocycles. The summed E-state index contributed by atoms with van der Waals surface area (Å²) >= 11 is 3.18. The van der Waals surface area contributed by atoms with Crippen LogP contribution in [0.3, 0.4) is 0 Å². The minimum atomic E-state index is -0.386. The van der Waals surface area contributed by atoms with Crippen molar-refractivity contribution >= 4 is 50.7 Å². The lowest BCUT2D eigenvalue weighted by Gasteiger charge is -2.19. The van der Waals surface area contributed by atoms with Crippen molar-refractivity contribution in [1.82, 2.24) is 0 Å². The Morgan fingerprint density at radius 1 is 1.00 bits per heavy atom. The number of benzene rings is 2. The number of furan rings is 1. The summed E-state index contributed by atoms with van der Waals surface area (Å²) in [4.78, 5) is 38.4. The Hall–Kier alpha value is -3.39.